The fourth-order valence-electron chi connectivity index (χ4n) is 3.25. The van der Waals surface area contributed by atoms with Gasteiger partial charge >= 0.3 is 0 Å². The molecule has 1 fully saturated rings. The van der Waals surface area contributed by atoms with Crippen molar-refractivity contribution in [2.24, 2.45) is 11.3 Å². The van der Waals surface area contributed by atoms with Gasteiger partial charge in [-0.1, -0.05) is 19.9 Å². The zero-order valence-electron chi connectivity index (χ0n) is 12.7. The lowest BCUT2D eigenvalue weighted by Crippen LogP contribution is -2.38. The summed E-state index contributed by atoms with van der Waals surface area (Å²) in [6.45, 7) is 4.74. The minimum Gasteiger partial charge on any atom is -0.316 e. The molecule has 1 aliphatic carbocycles. The van der Waals surface area contributed by atoms with Crippen LogP contribution in [0, 0.1) is 17.2 Å². The highest BCUT2D eigenvalue weighted by molar-refractivity contribution is 9.10. The van der Waals surface area contributed by atoms with Crippen LogP contribution in [-0.4, -0.2) is 13.1 Å². The summed E-state index contributed by atoms with van der Waals surface area (Å²) in [4.78, 5) is 0. The first-order valence-corrected chi connectivity index (χ1v) is 8.32. The Hall–Kier alpha value is -0.410. The summed E-state index contributed by atoms with van der Waals surface area (Å²) < 4.78 is 13.9. The number of benzene rings is 1. The van der Waals surface area contributed by atoms with Gasteiger partial charge in [-0.25, -0.2) is 4.39 Å². The van der Waals surface area contributed by atoms with Crippen LogP contribution in [0.4, 0.5) is 4.39 Å². The molecule has 0 bridgehead atoms. The highest BCUT2D eigenvalue weighted by Gasteiger charge is 2.30. The third-order valence-corrected chi connectivity index (χ3v) is 5.37. The van der Waals surface area contributed by atoms with Gasteiger partial charge in [0.2, 0.25) is 0 Å². The Morgan fingerprint density at radius 2 is 2.00 bits per heavy atom. The zero-order valence-corrected chi connectivity index (χ0v) is 14.3. The van der Waals surface area contributed by atoms with Crippen molar-refractivity contribution in [3.8, 4) is 0 Å². The van der Waals surface area contributed by atoms with Crippen LogP contribution in [0.1, 0.15) is 45.1 Å². The zero-order chi connectivity index (χ0) is 14.8. The van der Waals surface area contributed by atoms with E-state index in [2.05, 4.69) is 35.1 Å². The third-order valence-electron chi connectivity index (χ3n) is 4.76. The normalized spacial score (nSPS) is 20.9. The van der Waals surface area contributed by atoms with Gasteiger partial charge in [0.1, 0.15) is 5.82 Å². The van der Waals surface area contributed by atoms with E-state index in [9.17, 15) is 4.39 Å². The Morgan fingerprint density at radius 1 is 1.35 bits per heavy atom. The molecule has 20 heavy (non-hydrogen) atoms. The van der Waals surface area contributed by atoms with Crippen LogP contribution < -0.4 is 5.32 Å². The minimum atomic E-state index is -0.186. The van der Waals surface area contributed by atoms with Crippen molar-refractivity contribution in [3.05, 3.63) is 34.1 Å². The summed E-state index contributed by atoms with van der Waals surface area (Å²) >= 11 is 3.27. The standard InChI is InChI=1S/C17H25BrFN/c1-17(2)8-6-13(7-9-17)16(20-3)11-12-4-5-15(19)14(18)10-12/h4-5,10,13,16,20H,6-9,11H2,1-3H3. The summed E-state index contributed by atoms with van der Waals surface area (Å²) in [5.41, 5.74) is 1.70. The van der Waals surface area contributed by atoms with Crippen LogP contribution in [0.5, 0.6) is 0 Å². The van der Waals surface area contributed by atoms with E-state index < -0.39 is 0 Å². The largest absolute Gasteiger partial charge is 0.316 e. The van der Waals surface area contributed by atoms with Crippen molar-refractivity contribution < 1.29 is 4.39 Å². The topological polar surface area (TPSA) is 12.0 Å². The molecule has 0 aliphatic heterocycles. The van der Waals surface area contributed by atoms with Gasteiger partial charge in [0.25, 0.3) is 0 Å². The van der Waals surface area contributed by atoms with Crippen molar-refractivity contribution in [1.82, 2.24) is 5.32 Å². The number of likely N-dealkylation sites (N-methyl/N-ethyl adjacent to an activating group) is 1. The van der Waals surface area contributed by atoms with E-state index in [4.69, 9.17) is 0 Å². The molecule has 0 amide bonds. The predicted octanol–water partition coefficient (Wildman–Crippen LogP) is 4.94. The number of hydrogen-bond donors (Lipinski definition) is 1. The van der Waals surface area contributed by atoms with Crippen LogP contribution in [0.15, 0.2) is 22.7 Å². The minimum absolute atomic E-state index is 0.186. The second kappa shape index (κ2) is 6.57. The Bertz CT molecular complexity index is 448. The summed E-state index contributed by atoms with van der Waals surface area (Å²) in [7, 11) is 2.04. The number of halogens is 2. The maximum absolute atomic E-state index is 13.3. The predicted molar refractivity (Wildman–Crippen MR) is 86.4 cm³/mol. The van der Waals surface area contributed by atoms with Crippen molar-refractivity contribution in [3.63, 3.8) is 0 Å². The molecule has 0 aromatic heterocycles. The molecule has 1 saturated carbocycles. The van der Waals surface area contributed by atoms with Crippen LogP contribution in [0.3, 0.4) is 0 Å². The lowest BCUT2D eigenvalue weighted by molar-refractivity contribution is 0.163. The molecule has 1 atom stereocenters. The molecule has 1 N–H and O–H groups in total. The van der Waals surface area contributed by atoms with Crippen LogP contribution in [-0.2, 0) is 6.42 Å². The second-order valence-electron chi connectivity index (χ2n) is 6.85. The first-order chi connectivity index (χ1) is 9.41. The number of rotatable bonds is 4. The van der Waals surface area contributed by atoms with Crippen LogP contribution in [0.25, 0.3) is 0 Å². The van der Waals surface area contributed by atoms with Crippen molar-refractivity contribution in [2.45, 2.75) is 52.0 Å². The van der Waals surface area contributed by atoms with Gasteiger partial charge in [-0.15, -0.1) is 0 Å². The average molecular weight is 342 g/mol. The highest BCUT2D eigenvalue weighted by Crippen LogP contribution is 2.39. The van der Waals surface area contributed by atoms with Gasteiger partial charge in [-0.05, 0) is 84.1 Å². The summed E-state index contributed by atoms with van der Waals surface area (Å²) in [6.07, 6.45) is 6.17. The van der Waals surface area contributed by atoms with Gasteiger partial charge in [0.05, 0.1) is 4.47 Å². The third kappa shape index (κ3) is 4.05. The first-order valence-electron chi connectivity index (χ1n) is 7.52. The molecule has 1 aromatic rings. The van der Waals surface area contributed by atoms with Crippen molar-refractivity contribution in [1.29, 1.82) is 0 Å². The van der Waals surface area contributed by atoms with Gasteiger partial charge in [0.15, 0.2) is 0 Å². The molecule has 112 valence electrons. The molecule has 0 heterocycles. The van der Waals surface area contributed by atoms with E-state index in [1.54, 1.807) is 6.07 Å². The smallest absolute Gasteiger partial charge is 0.137 e. The fourth-order valence-corrected chi connectivity index (χ4v) is 3.68. The lowest BCUT2D eigenvalue weighted by Gasteiger charge is -2.38. The molecule has 0 spiro atoms. The number of nitrogens with one attached hydrogen (secondary N) is 1. The maximum atomic E-state index is 13.3. The SMILES string of the molecule is CNC(Cc1ccc(F)c(Br)c1)C1CCC(C)(C)CC1. The Kier molecular flexibility index (Phi) is 5.25. The van der Waals surface area contributed by atoms with E-state index in [-0.39, 0.29) is 5.82 Å². The molecule has 0 radical (unpaired) electrons. The summed E-state index contributed by atoms with van der Waals surface area (Å²) in [5.74, 6) is 0.547. The molecule has 3 heteroatoms. The van der Waals surface area contributed by atoms with E-state index in [1.165, 1.54) is 31.2 Å². The summed E-state index contributed by atoms with van der Waals surface area (Å²) in [5, 5.41) is 3.47. The molecule has 0 saturated heterocycles. The van der Waals surface area contributed by atoms with Gasteiger partial charge in [-0.2, -0.15) is 0 Å². The van der Waals surface area contributed by atoms with E-state index in [1.807, 2.05) is 19.2 Å². The number of hydrogen-bond acceptors (Lipinski definition) is 1. The molecule has 2 rings (SSSR count). The molecular weight excluding hydrogens is 317 g/mol. The van der Waals surface area contributed by atoms with Crippen LogP contribution >= 0.6 is 15.9 Å². The van der Waals surface area contributed by atoms with Crippen molar-refractivity contribution >= 4 is 15.9 Å². The van der Waals surface area contributed by atoms with Gasteiger partial charge in [-0.3, -0.25) is 0 Å². The molecule has 1 aliphatic rings. The molecular formula is C17H25BrFN. The van der Waals surface area contributed by atoms with Gasteiger partial charge < -0.3 is 5.32 Å². The maximum Gasteiger partial charge on any atom is 0.137 e. The molecule has 1 unspecified atom stereocenters. The van der Waals surface area contributed by atoms with Crippen LogP contribution in [0.2, 0.25) is 0 Å². The van der Waals surface area contributed by atoms with E-state index in [0.717, 1.165) is 12.3 Å². The lowest BCUT2D eigenvalue weighted by atomic mass is 9.70. The summed E-state index contributed by atoms with van der Waals surface area (Å²) in [6, 6.07) is 5.85. The molecule has 1 nitrogen and oxygen atoms in total. The van der Waals surface area contributed by atoms with Crippen molar-refractivity contribution in [2.75, 3.05) is 7.05 Å². The fraction of sp³-hybridized carbons (Fsp3) is 0.647. The Morgan fingerprint density at radius 3 is 2.55 bits per heavy atom. The van der Waals surface area contributed by atoms with E-state index >= 15 is 0 Å². The monoisotopic (exact) mass is 341 g/mol. The van der Waals surface area contributed by atoms with E-state index in [0.29, 0.717) is 15.9 Å². The van der Waals surface area contributed by atoms with Gasteiger partial charge in [0, 0.05) is 6.04 Å². The second-order valence-corrected chi connectivity index (χ2v) is 7.70. The Balaban J connectivity index is 2.00. The molecule has 1 aromatic carbocycles. The average Bonchev–Trinajstić information content (AvgIpc) is 2.40. The highest BCUT2D eigenvalue weighted by atomic mass is 79.9. The first kappa shape index (κ1) is 16.0. The Labute approximate surface area is 130 Å². The quantitative estimate of drug-likeness (QED) is 0.818.